The number of nitrogens with two attached hydrogens (primary N) is 1. The van der Waals surface area contributed by atoms with Crippen LogP contribution < -0.4 is 5.73 Å². The third-order valence-electron chi connectivity index (χ3n) is 3.85. The van der Waals surface area contributed by atoms with Gasteiger partial charge in [0.2, 0.25) is 0 Å². The SMILES string of the molecule is CCC1CCCCC1OCc1occc1CN. The van der Waals surface area contributed by atoms with Gasteiger partial charge in [0.25, 0.3) is 0 Å². The Balaban J connectivity index is 1.88. The van der Waals surface area contributed by atoms with Gasteiger partial charge >= 0.3 is 0 Å². The van der Waals surface area contributed by atoms with Gasteiger partial charge in [0.1, 0.15) is 12.4 Å². The maximum Gasteiger partial charge on any atom is 0.133 e. The summed E-state index contributed by atoms with van der Waals surface area (Å²) in [6.07, 6.45) is 8.46. The summed E-state index contributed by atoms with van der Waals surface area (Å²) in [6, 6.07) is 1.93. The second-order valence-electron chi connectivity index (χ2n) is 4.88. The van der Waals surface area contributed by atoms with Crippen molar-refractivity contribution in [3.63, 3.8) is 0 Å². The molecular formula is C14H23NO2. The zero-order chi connectivity index (χ0) is 12.1. The molecule has 0 spiro atoms. The first-order valence-corrected chi connectivity index (χ1v) is 6.72. The molecule has 3 nitrogen and oxygen atoms in total. The molecule has 2 unspecified atom stereocenters. The summed E-state index contributed by atoms with van der Waals surface area (Å²) in [4.78, 5) is 0. The van der Waals surface area contributed by atoms with E-state index in [1.54, 1.807) is 6.26 Å². The zero-order valence-corrected chi connectivity index (χ0v) is 10.7. The highest BCUT2D eigenvalue weighted by atomic mass is 16.5. The first kappa shape index (κ1) is 12.7. The Morgan fingerprint density at radius 1 is 1.41 bits per heavy atom. The molecule has 0 aromatic carbocycles. The third-order valence-corrected chi connectivity index (χ3v) is 3.85. The minimum Gasteiger partial charge on any atom is -0.467 e. The highest BCUT2D eigenvalue weighted by Gasteiger charge is 2.24. The van der Waals surface area contributed by atoms with Crippen LogP contribution in [0.4, 0.5) is 0 Å². The van der Waals surface area contributed by atoms with E-state index in [-0.39, 0.29) is 0 Å². The Morgan fingerprint density at radius 3 is 3.00 bits per heavy atom. The van der Waals surface area contributed by atoms with Gasteiger partial charge in [-0.25, -0.2) is 0 Å². The zero-order valence-electron chi connectivity index (χ0n) is 10.7. The van der Waals surface area contributed by atoms with E-state index in [0.29, 0.717) is 19.3 Å². The molecule has 1 fully saturated rings. The number of hydrogen-bond donors (Lipinski definition) is 1. The molecule has 2 atom stereocenters. The van der Waals surface area contributed by atoms with Crippen LogP contribution in [0.3, 0.4) is 0 Å². The van der Waals surface area contributed by atoms with Gasteiger partial charge in [0.05, 0.1) is 12.4 Å². The summed E-state index contributed by atoms with van der Waals surface area (Å²) in [5.41, 5.74) is 6.71. The van der Waals surface area contributed by atoms with Crippen LogP contribution in [-0.4, -0.2) is 6.10 Å². The van der Waals surface area contributed by atoms with Gasteiger partial charge < -0.3 is 14.9 Å². The molecule has 96 valence electrons. The monoisotopic (exact) mass is 237 g/mol. The summed E-state index contributed by atoms with van der Waals surface area (Å²) < 4.78 is 11.4. The predicted molar refractivity (Wildman–Crippen MR) is 67.4 cm³/mol. The fourth-order valence-corrected chi connectivity index (χ4v) is 2.72. The molecule has 0 amide bonds. The minimum atomic E-state index is 0.407. The first-order chi connectivity index (χ1) is 8.35. The lowest BCUT2D eigenvalue weighted by Gasteiger charge is -2.30. The van der Waals surface area contributed by atoms with E-state index in [1.165, 1.54) is 32.1 Å². The second-order valence-corrected chi connectivity index (χ2v) is 4.88. The topological polar surface area (TPSA) is 48.4 Å². The quantitative estimate of drug-likeness (QED) is 0.855. The molecule has 1 aromatic rings. The van der Waals surface area contributed by atoms with E-state index >= 15 is 0 Å². The van der Waals surface area contributed by atoms with Crippen molar-refractivity contribution in [3.8, 4) is 0 Å². The van der Waals surface area contributed by atoms with Crippen molar-refractivity contribution in [2.75, 3.05) is 0 Å². The Hall–Kier alpha value is -0.800. The van der Waals surface area contributed by atoms with Crippen LogP contribution in [0.5, 0.6) is 0 Å². The van der Waals surface area contributed by atoms with Crippen molar-refractivity contribution in [2.45, 2.75) is 58.3 Å². The van der Waals surface area contributed by atoms with Gasteiger partial charge in [-0.1, -0.05) is 26.2 Å². The van der Waals surface area contributed by atoms with Crippen molar-refractivity contribution in [1.29, 1.82) is 0 Å². The van der Waals surface area contributed by atoms with Gasteiger partial charge in [-0.3, -0.25) is 0 Å². The van der Waals surface area contributed by atoms with Gasteiger partial charge in [-0.05, 0) is 24.8 Å². The van der Waals surface area contributed by atoms with Crippen LogP contribution in [0, 0.1) is 5.92 Å². The van der Waals surface area contributed by atoms with Crippen LogP contribution >= 0.6 is 0 Å². The average Bonchev–Trinajstić information content (AvgIpc) is 2.84. The standard InChI is InChI=1S/C14H23NO2/c1-2-11-5-3-4-6-13(11)17-10-14-12(9-15)7-8-16-14/h7-8,11,13H,2-6,9-10,15H2,1H3. The van der Waals surface area contributed by atoms with Crippen molar-refractivity contribution in [1.82, 2.24) is 0 Å². The molecule has 3 heteroatoms. The average molecular weight is 237 g/mol. The molecule has 1 aliphatic rings. The lowest BCUT2D eigenvalue weighted by Crippen LogP contribution is -2.27. The van der Waals surface area contributed by atoms with E-state index in [4.69, 9.17) is 14.9 Å². The Morgan fingerprint density at radius 2 is 2.24 bits per heavy atom. The number of rotatable bonds is 5. The summed E-state index contributed by atoms with van der Waals surface area (Å²) in [5.74, 6) is 1.62. The third kappa shape index (κ3) is 3.11. The fraction of sp³-hybridized carbons (Fsp3) is 0.714. The second kappa shape index (κ2) is 6.22. The molecule has 1 aliphatic carbocycles. The van der Waals surface area contributed by atoms with Crippen LogP contribution in [0.15, 0.2) is 16.7 Å². The van der Waals surface area contributed by atoms with Crippen LogP contribution in [-0.2, 0) is 17.9 Å². The molecule has 0 aliphatic heterocycles. The molecular weight excluding hydrogens is 214 g/mol. The molecule has 17 heavy (non-hydrogen) atoms. The maximum atomic E-state index is 6.02. The molecule has 1 saturated carbocycles. The number of furan rings is 1. The van der Waals surface area contributed by atoms with Crippen LogP contribution in [0.25, 0.3) is 0 Å². The van der Waals surface area contributed by atoms with E-state index < -0.39 is 0 Å². The van der Waals surface area contributed by atoms with Crippen LogP contribution in [0.1, 0.15) is 50.4 Å². The van der Waals surface area contributed by atoms with E-state index in [0.717, 1.165) is 17.2 Å². The summed E-state index contributed by atoms with van der Waals surface area (Å²) in [6.45, 7) is 3.35. The molecule has 0 saturated heterocycles. The van der Waals surface area contributed by atoms with Gasteiger partial charge in [0, 0.05) is 12.1 Å². The minimum absolute atomic E-state index is 0.407. The normalized spacial score (nSPS) is 25.1. The summed E-state index contributed by atoms with van der Waals surface area (Å²) in [5, 5.41) is 0. The van der Waals surface area contributed by atoms with Gasteiger partial charge in [-0.15, -0.1) is 0 Å². The largest absolute Gasteiger partial charge is 0.467 e. The summed E-state index contributed by atoms with van der Waals surface area (Å²) >= 11 is 0. The van der Waals surface area contributed by atoms with Crippen molar-refractivity contribution in [3.05, 3.63) is 23.7 Å². The lowest BCUT2D eigenvalue weighted by molar-refractivity contribution is -0.0286. The molecule has 1 aromatic heterocycles. The lowest BCUT2D eigenvalue weighted by atomic mass is 9.85. The number of ether oxygens (including phenoxy) is 1. The number of hydrogen-bond acceptors (Lipinski definition) is 3. The predicted octanol–water partition coefficient (Wildman–Crippen LogP) is 3.22. The molecule has 1 heterocycles. The van der Waals surface area contributed by atoms with E-state index in [9.17, 15) is 0 Å². The fourth-order valence-electron chi connectivity index (χ4n) is 2.72. The molecule has 0 bridgehead atoms. The molecule has 0 radical (unpaired) electrons. The van der Waals surface area contributed by atoms with E-state index in [2.05, 4.69) is 6.92 Å². The van der Waals surface area contributed by atoms with E-state index in [1.807, 2.05) is 6.07 Å². The molecule has 2 rings (SSSR count). The van der Waals surface area contributed by atoms with Crippen LogP contribution in [0.2, 0.25) is 0 Å². The van der Waals surface area contributed by atoms with Crippen molar-refractivity contribution >= 4 is 0 Å². The van der Waals surface area contributed by atoms with Gasteiger partial charge in [0.15, 0.2) is 0 Å². The highest BCUT2D eigenvalue weighted by molar-refractivity contribution is 5.15. The Kier molecular flexibility index (Phi) is 4.63. The smallest absolute Gasteiger partial charge is 0.133 e. The first-order valence-electron chi connectivity index (χ1n) is 6.72. The highest BCUT2D eigenvalue weighted by Crippen LogP contribution is 2.30. The van der Waals surface area contributed by atoms with Gasteiger partial charge in [-0.2, -0.15) is 0 Å². The Labute approximate surface area is 103 Å². The summed E-state index contributed by atoms with van der Waals surface area (Å²) in [7, 11) is 0. The van der Waals surface area contributed by atoms with Crippen molar-refractivity contribution < 1.29 is 9.15 Å². The maximum absolute atomic E-state index is 6.02. The molecule has 2 N–H and O–H groups in total. The Bertz CT molecular complexity index is 335. The van der Waals surface area contributed by atoms with Crippen molar-refractivity contribution in [2.24, 2.45) is 11.7 Å².